The van der Waals surface area contributed by atoms with Crippen molar-refractivity contribution in [2.24, 2.45) is 0 Å². The number of H-pyrrole nitrogens is 1. The van der Waals surface area contributed by atoms with Crippen molar-refractivity contribution in [1.82, 2.24) is 29.5 Å². The summed E-state index contributed by atoms with van der Waals surface area (Å²) in [6.45, 7) is 11.7. The summed E-state index contributed by atoms with van der Waals surface area (Å²) in [4.78, 5) is 11.5. The lowest BCUT2D eigenvalue weighted by molar-refractivity contribution is 0.222. The van der Waals surface area contributed by atoms with Gasteiger partial charge in [0.15, 0.2) is 0 Å². The van der Waals surface area contributed by atoms with Crippen molar-refractivity contribution in [3.05, 3.63) is 89.6 Å². The lowest BCUT2D eigenvalue weighted by Gasteiger charge is -2.31. The van der Waals surface area contributed by atoms with Gasteiger partial charge >= 0.3 is 0 Å². The van der Waals surface area contributed by atoms with Gasteiger partial charge in [0.1, 0.15) is 18.0 Å². The predicted octanol–water partition coefficient (Wildman–Crippen LogP) is 7.37. The Morgan fingerprint density at radius 2 is 2.00 bits per heavy atom. The summed E-state index contributed by atoms with van der Waals surface area (Å²) in [7, 11) is 0. The van der Waals surface area contributed by atoms with Gasteiger partial charge in [-0.3, -0.25) is 10.1 Å². The van der Waals surface area contributed by atoms with E-state index in [0.717, 1.165) is 52.9 Å². The number of aromatic nitrogens is 4. The second-order valence-corrected chi connectivity index (χ2v) is 11.9. The highest BCUT2D eigenvalue weighted by atomic mass is 35.5. The number of hydrogen-bond donors (Lipinski definition) is 3. The second-order valence-electron chi connectivity index (χ2n) is 11.5. The fourth-order valence-corrected chi connectivity index (χ4v) is 6.71. The first-order valence-electron chi connectivity index (χ1n) is 14.9. The van der Waals surface area contributed by atoms with Gasteiger partial charge in [-0.15, -0.1) is 0 Å². The van der Waals surface area contributed by atoms with Crippen LogP contribution in [0.4, 0.5) is 10.3 Å². The minimum atomic E-state index is -1.000. The molecule has 43 heavy (non-hydrogen) atoms. The van der Waals surface area contributed by atoms with Gasteiger partial charge in [-0.1, -0.05) is 49.4 Å². The van der Waals surface area contributed by atoms with Crippen LogP contribution in [0.25, 0.3) is 22.0 Å². The second kappa shape index (κ2) is 12.3. The van der Waals surface area contributed by atoms with E-state index in [1.54, 1.807) is 23.3 Å². The van der Waals surface area contributed by atoms with E-state index in [-0.39, 0.29) is 18.8 Å². The van der Waals surface area contributed by atoms with Crippen molar-refractivity contribution >= 4 is 34.3 Å². The number of allylic oxidation sites excluding steroid dienone is 1. The van der Waals surface area contributed by atoms with Crippen molar-refractivity contribution < 1.29 is 4.39 Å². The van der Waals surface area contributed by atoms with E-state index in [0.29, 0.717) is 16.9 Å². The molecule has 0 saturated carbocycles. The summed E-state index contributed by atoms with van der Waals surface area (Å²) in [5.74, 6) is 1.19. The van der Waals surface area contributed by atoms with Crippen LogP contribution in [0.3, 0.4) is 0 Å². The third-order valence-corrected chi connectivity index (χ3v) is 9.19. The first-order valence-corrected chi connectivity index (χ1v) is 15.3. The maximum atomic E-state index is 14.5. The number of nitrogens with one attached hydrogen (secondary N) is 3. The van der Waals surface area contributed by atoms with Gasteiger partial charge in [-0.2, -0.15) is 5.10 Å². The molecule has 0 radical (unpaired) electrons. The largest absolute Gasteiger partial charge is 0.349 e. The molecule has 2 fully saturated rings. The topological polar surface area (TPSA) is 88.9 Å². The third-order valence-electron chi connectivity index (χ3n) is 8.87. The average Bonchev–Trinajstić information content (AvgIpc) is 3.77. The molecule has 1 unspecified atom stereocenters. The first kappa shape index (κ1) is 29.1. The number of alkyl halides is 1. The van der Waals surface area contributed by atoms with Gasteiger partial charge < -0.3 is 20.1 Å². The van der Waals surface area contributed by atoms with Gasteiger partial charge in [0.2, 0.25) is 5.95 Å². The van der Waals surface area contributed by atoms with Crippen LogP contribution in [0.5, 0.6) is 0 Å². The maximum absolute atomic E-state index is 14.5. The number of anilines is 1. The Morgan fingerprint density at radius 3 is 2.67 bits per heavy atom. The number of hydrogen-bond acceptors (Lipinski definition) is 5. The standard InChI is InChI=1S/C33H38ClFN8/c1-4-41-14-10-24(11-15-41)22-6-8-23(9-7-22)25-16-28(34)27-20-43(40-29(27)17-25)31(32(36)39-33-37-12-13-38-33)21(3)30-18-26(35)19-42(30)5-2/h5-9,12-13,16-17,20,24,26,31H,2,4,10-11,14-15,18-19H2,1,3H3,(H3,36,37,38,39)/b30-21+/t26-,31?/m1/s1. The zero-order chi connectivity index (χ0) is 30.1. The number of imidazole rings is 1. The van der Waals surface area contributed by atoms with Crippen molar-refractivity contribution in [2.45, 2.75) is 51.2 Å². The number of rotatable bonds is 8. The lowest BCUT2D eigenvalue weighted by Crippen LogP contribution is -2.32. The molecule has 2 aromatic carbocycles. The average molecular weight is 601 g/mol. The van der Waals surface area contributed by atoms with E-state index in [4.69, 9.17) is 22.1 Å². The van der Waals surface area contributed by atoms with Crippen LogP contribution in [0, 0.1) is 5.41 Å². The van der Waals surface area contributed by atoms with Crippen molar-refractivity contribution in [2.75, 3.05) is 31.5 Å². The molecule has 2 atom stereocenters. The van der Waals surface area contributed by atoms with Crippen LogP contribution in [0.1, 0.15) is 50.6 Å². The number of benzene rings is 2. The molecule has 224 valence electrons. The highest BCUT2D eigenvalue weighted by molar-refractivity contribution is 6.35. The van der Waals surface area contributed by atoms with E-state index in [1.165, 1.54) is 18.4 Å². The van der Waals surface area contributed by atoms with E-state index in [2.05, 4.69) is 58.0 Å². The molecule has 4 aromatic rings. The highest BCUT2D eigenvalue weighted by Crippen LogP contribution is 2.36. The fourth-order valence-electron chi connectivity index (χ4n) is 6.45. The van der Waals surface area contributed by atoms with Gasteiger partial charge in [0.25, 0.3) is 0 Å². The Morgan fingerprint density at radius 1 is 1.23 bits per heavy atom. The number of amidine groups is 1. The van der Waals surface area contributed by atoms with Gasteiger partial charge in [0.05, 0.1) is 17.1 Å². The highest BCUT2D eigenvalue weighted by Gasteiger charge is 2.31. The Balaban J connectivity index is 1.33. The predicted molar refractivity (Wildman–Crippen MR) is 172 cm³/mol. The monoisotopic (exact) mass is 600 g/mol. The minimum Gasteiger partial charge on any atom is -0.349 e. The Hall–Kier alpha value is -3.95. The first-order chi connectivity index (χ1) is 20.8. The van der Waals surface area contributed by atoms with E-state index >= 15 is 0 Å². The van der Waals surface area contributed by atoms with Gasteiger partial charge in [-0.05, 0) is 85.9 Å². The summed E-state index contributed by atoms with van der Waals surface area (Å²) in [6, 6.07) is 12.2. The van der Waals surface area contributed by atoms with Crippen LogP contribution in [-0.2, 0) is 0 Å². The van der Waals surface area contributed by atoms with Gasteiger partial charge in [-0.25, -0.2) is 9.37 Å². The number of likely N-dealkylation sites (tertiary alicyclic amines) is 2. The number of fused-ring (bicyclic) bond motifs is 1. The summed E-state index contributed by atoms with van der Waals surface area (Å²) in [5.41, 5.74) is 5.78. The molecule has 2 aliphatic heterocycles. The summed E-state index contributed by atoms with van der Waals surface area (Å²) in [5, 5.41) is 18.4. The third kappa shape index (κ3) is 5.96. The number of halogens is 2. The van der Waals surface area contributed by atoms with Crippen LogP contribution in [0.2, 0.25) is 5.02 Å². The molecular formula is C33H38ClFN8. The summed E-state index contributed by atoms with van der Waals surface area (Å²) < 4.78 is 16.2. The van der Waals surface area contributed by atoms with Crippen molar-refractivity contribution in [3.63, 3.8) is 0 Å². The molecular weight excluding hydrogens is 563 g/mol. The molecule has 10 heteroatoms. The SMILES string of the molecule is C=CN1C[C@H](F)C/C1=C(/C)C(C(=N)Nc1ncc[nH]1)n1cc2c(Cl)cc(-c3ccc(C4CCN(CC)CC4)cc3)cc2n1. The summed E-state index contributed by atoms with van der Waals surface area (Å²) >= 11 is 6.85. The van der Waals surface area contributed by atoms with E-state index in [9.17, 15) is 4.39 Å². The van der Waals surface area contributed by atoms with Crippen LogP contribution in [0.15, 0.2) is 79.0 Å². The molecule has 0 bridgehead atoms. The Labute approximate surface area is 256 Å². The van der Waals surface area contributed by atoms with Crippen LogP contribution in [-0.4, -0.2) is 67.7 Å². The molecule has 6 rings (SSSR count). The molecule has 2 saturated heterocycles. The summed E-state index contributed by atoms with van der Waals surface area (Å²) in [6.07, 6.45) is 8.44. The van der Waals surface area contributed by atoms with E-state index in [1.807, 2.05) is 30.2 Å². The smallest absolute Gasteiger partial charge is 0.205 e. The molecule has 0 aliphatic carbocycles. The maximum Gasteiger partial charge on any atom is 0.205 e. The molecule has 0 spiro atoms. The number of nitrogens with zero attached hydrogens (tertiary/aromatic N) is 5. The quantitative estimate of drug-likeness (QED) is 0.145. The zero-order valence-electron chi connectivity index (χ0n) is 24.7. The van der Waals surface area contributed by atoms with Crippen LogP contribution >= 0.6 is 11.6 Å². The van der Waals surface area contributed by atoms with Crippen LogP contribution < -0.4 is 5.32 Å². The molecule has 8 nitrogen and oxygen atoms in total. The lowest BCUT2D eigenvalue weighted by atomic mass is 9.88. The number of piperidine rings is 1. The Kier molecular flexibility index (Phi) is 8.36. The minimum absolute atomic E-state index is 0.149. The molecule has 2 aromatic heterocycles. The molecule has 4 heterocycles. The zero-order valence-corrected chi connectivity index (χ0v) is 25.4. The molecule has 0 amide bonds. The number of aromatic amines is 1. The normalized spacial score (nSPS) is 20.0. The molecule has 3 N–H and O–H groups in total. The van der Waals surface area contributed by atoms with Crippen molar-refractivity contribution in [1.29, 1.82) is 5.41 Å². The van der Waals surface area contributed by atoms with Gasteiger partial charge in [0, 0.05) is 36.1 Å². The molecule has 2 aliphatic rings. The van der Waals surface area contributed by atoms with E-state index < -0.39 is 12.2 Å². The fraction of sp³-hybridized carbons (Fsp3) is 0.364. The Bertz CT molecular complexity index is 1630. The van der Waals surface area contributed by atoms with Crippen molar-refractivity contribution in [3.8, 4) is 11.1 Å².